The molecule has 0 spiro atoms. The second-order valence-electron chi connectivity index (χ2n) is 5.61. The van der Waals surface area contributed by atoms with E-state index >= 15 is 0 Å². The number of methoxy groups -OCH3 is 1. The lowest BCUT2D eigenvalue weighted by Crippen LogP contribution is -2.52. The number of carbonyl (C=O) groups excluding carboxylic acids is 2. The minimum atomic E-state index is -0.704. The predicted octanol–water partition coefficient (Wildman–Crippen LogP) is 1.87. The van der Waals surface area contributed by atoms with Gasteiger partial charge in [0, 0.05) is 12.0 Å². The zero-order valence-electron chi connectivity index (χ0n) is 12.4. The van der Waals surface area contributed by atoms with Gasteiger partial charge in [-0.3, -0.25) is 0 Å². The molecule has 2 N–H and O–H groups in total. The molecule has 1 rings (SSSR count). The fourth-order valence-corrected chi connectivity index (χ4v) is 1.72. The van der Waals surface area contributed by atoms with Gasteiger partial charge in [-0.15, -0.1) is 0 Å². The number of urea groups is 1. The number of rotatable bonds is 4. The Kier molecular flexibility index (Phi) is 5.55. The molecule has 5 nitrogen and oxygen atoms in total. The molecule has 1 atom stereocenters. The van der Waals surface area contributed by atoms with Crippen molar-refractivity contribution >= 4 is 12.0 Å². The highest BCUT2D eigenvalue weighted by molar-refractivity contribution is 5.84. The van der Waals surface area contributed by atoms with E-state index in [-0.39, 0.29) is 11.6 Å². The highest BCUT2D eigenvalue weighted by atomic mass is 16.5. The van der Waals surface area contributed by atoms with Crippen molar-refractivity contribution in [1.82, 2.24) is 10.6 Å². The number of esters is 1. The minimum absolute atomic E-state index is 0.364. The third-order valence-electron chi connectivity index (χ3n) is 2.56. The average molecular weight is 278 g/mol. The average Bonchev–Trinajstić information content (AvgIpc) is 2.36. The number of hydrogen-bond donors (Lipinski definition) is 2. The molecule has 2 amide bonds. The number of hydrogen-bond acceptors (Lipinski definition) is 3. The molecule has 0 unspecified atom stereocenters. The van der Waals surface area contributed by atoms with Crippen molar-refractivity contribution in [3.63, 3.8) is 0 Å². The van der Waals surface area contributed by atoms with Gasteiger partial charge in [-0.2, -0.15) is 0 Å². The topological polar surface area (TPSA) is 67.4 Å². The van der Waals surface area contributed by atoms with Crippen LogP contribution in [0.15, 0.2) is 30.3 Å². The van der Waals surface area contributed by atoms with Crippen LogP contribution < -0.4 is 10.6 Å². The van der Waals surface area contributed by atoms with Crippen LogP contribution in [0.4, 0.5) is 4.79 Å². The Hall–Kier alpha value is -2.04. The predicted molar refractivity (Wildman–Crippen MR) is 77.4 cm³/mol. The summed E-state index contributed by atoms with van der Waals surface area (Å²) in [7, 11) is 1.31. The Labute approximate surface area is 119 Å². The molecular formula is C15H22N2O3. The zero-order chi connectivity index (χ0) is 15.2. The van der Waals surface area contributed by atoms with E-state index in [2.05, 4.69) is 10.6 Å². The van der Waals surface area contributed by atoms with Crippen molar-refractivity contribution in [2.24, 2.45) is 0 Å². The maximum atomic E-state index is 11.8. The lowest BCUT2D eigenvalue weighted by molar-refractivity contribution is -0.142. The lowest BCUT2D eigenvalue weighted by Gasteiger charge is -2.23. The van der Waals surface area contributed by atoms with Crippen molar-refractivity contribution in [3.05, 3.63) is 35.9 Å². The molecule has 0 aliphatic carbocycles. The summed E-state index contributed by atoms with van der Waals surface area (Å²) in [5.41, 5.74) is 0.594. The SMILES string of the molecule is COC(=O)[C@H](Cc1ccccc1)NC(=O)NC(C)(C)C. The van der Waals surface area contributed by atoms with Gasteiger partial charge in [0.15, 0.2) is 0 Å². The van der Waals surface area contributed by atoms with Crippen LogP contribution in [-0.4, -0.2) is 30.7 Å². The first-order valence-corrected chi connectivity index (χ1v) is 6.52. The standard InChI is InChI=1S/C15H22N2O3/c1-15(2,3)17-14(19)16-12(13(18)20-4)10-11-8-6-5-7-9-11/h5-9,12H,10H2,1-4H3,(H2,16,17,19)/t12-/m0/s1. The van der Waals surface area contributed by atoms with Gasteiger partial charge >= 0.3 is 12.0 Å². The van der Waals surface area contributed by atoms with Crippen LogP contribution in [0.2, 0.25) is 0 Å². The molecule has 5 heteroatoms. The Morgan fingerprint density at radius 2 is 1.80 bits per heavy atom. The fourth-order valence-electron chi connectivity index (χ4n) is 1.72. The van der Waals surface area contributed by atoms with Crippen LogP contribution in [0.5, 0.6) is 0 Å². The van der Waals surface area contributed by atoms with Crippen LogP contribution in [0.3, 0.4) is 0 Å². The van der Waals surface area contributed by atoms with E-state index in [9.17, 15) is 9.59 Å². The molecule has 20 heavy (non-hydrogen) atoms. The smallest absolute Gasteiger partial charge is 0.328 e. The second-order valence-corrected chi connectivity index (χ2v) is 5.61. The normalized spacial score (nSPS) is 12.4. The molecule has 0 fully saturated rings. The molecular weight excluding hydrogens is 256 g/mol. The molecule has 0 bridgehead atoms. The molecule has 0 radical (unpaired) electrons. The maximum Gasteiger partial charge on any atom is 0.328 e. The summed E-state index contributed by atoms with van der Waals surface area (Å²) < 4.78 is 4.73. The Bertz CT molecular complexity index is 452. The largest absolute Gasteiger partial charge is 0.467 e. The number of nitrogens with one attached hydrogen (secondary N) is 2. The van der Waals surface area contributed by atoms with Crippen LogP contribution in [0, 0.1) is 0 Å². The first-order chi connectivity index (χ1) is 9.31. The van der Waals surface area contributed by atoms with Crippen LogP contribution >= 0.6 is 0 Å². The summed E-state index contributed by atoms with van der Waals surface area (Å²) in [4.78, 5) is 23.6. The summed E-state index contributed by atoms with van der Waals surface area (Å²) >= 11 is 0. The number of ether oxygens (including phenoxy) is 1. The molecule has 110 valence electrons. The molecule has 1 aromatic carbocycles. The molecule has 0 saturated heterocycles. The van der Waals surface area contributed by atoms with E-state index in [1.54, 1.807) is 0 Å². The van der Waals surface area contributed by atoms with E-state index in [0.717, 1.165) is 5.56 Å². The van der Waals surface area contributed by atoms with E-state index in [1.807, 2.05) is 51.1 Å². The quantitative estimate of drug-likeness (QED) is 0.826. The minimum Gasteiger partial charge on any atom is -0.467 e. The Morgan fingerprint density at radius 1 is 1.20 bits per heavy atom. The Balaban J connectivity index is 2.70. The van der Waals surface area contributed by atoms with E-state index in [1.165, 1.54) is 7.11 Å². The highest BCUT2D eigenvalue weighted by Gasteiger charge is 2.23. The highest BCUT2D eigenvalue weighted by Crippen LogP contribution is 2.05. The van der Waals surface area contributed by atoms with Gasteiger partial charge in [-0.05, 0) is 26.3 Å². The summed E-state index contributed by atoms with van der Waals surface area (Å²) in [5.74, 6) is -0.460. The van der Waals surface area contributed by atoms with E-state index in [0.29, 0.717) is 6.42 Å². The maximum absolute atomic E-state index is 11.8. The molecule has 0 heterocycles. The number of carbonyl (C=O) groups is 2. The van der Waals surface area contributed by atoms with Gasteiger partial charge in [-0.1, -0.05) is 30.3 Å². The van der Waals surface area contributed by atoms with Crippen molar-refractivity contribution in [1.29, 1.82) is 0 Å². The number of benzene rings is 1. The van der Waals surface area contributed by atoms with Gasteiger partial charge < -0.3 is 15.4 Å². The molecule has 1 aromatic rings. The first-order valence-electron chi connectivity index (χ1n) is 6.52. The van der Waals surface area contributed by atoms with Gasteiger partial charge in [0.1, 0.15) is 6.04 Å². The molecule has 0 aliphatic rings. The van der Waals surface area contributed by atoms with Crippen molar-refractivity contribution in [2.45, 2.75) is 38.8 Å². The Morgan fingerprint density at radius 3 is 2.30 bits per heavy atom. The van der Waals surface area contributed by atoms with Gasteiger partial charge in [-0.25, -0.2) is 9.59 Å². The van der Waals surface area contributed by atoms with Crippen molar-refractivity contribution in [2.75, 3.05) is 7.11 Å². The summed E-state index contributed by atoms with van der Waals surface area (Å²) in [5, 5.41) is 5.40. The van der Waals surface area contributed by atoms with Crippen molar-refractivity contribution in [3.8, 4) is 0 Å². The van der Waals surface area contributed by atoms with E-state index in [4.69, 9.17) is 4.74 Å². The summed E-state index contributed by atoms with van der Waals surface area (Å²) in [6.07, 6.45) is 0.394. The van der Waals surface area contributed by atoms with Gasteiger partial charge in [0.25, 0.3) is 0 Å². The third kappa shape index (κ3) is 5.73. The van der Waals surface area contributed by atoms with Crippen LogP contribution in [0.1, 0.15) is 26.3 Å². The van der Waals surface area contributed by atoms with Gasteiger partial charge in [0.2, 0.25) is 0 Å². The van der Waals surface area contributed by atoms with E-state index < -0.39 is 12.0 Å². The summed E-state index contributed by atoms with van der Waals surface area (Å²) in [6.45, 7) is 5.62. The van der Waals surface area contributed by atoms with Crippen LogP contribution in [-0.2, 0) is 16.0 Å². The summed E-state index contributed by atoms with van der Waals surface area (Å²) in [6, 6.07) is 8.39. The second kappa shape index (κ2) is 6.93. The van der Waals surface area contributed by atoms with Gasteiger partial charge in [0.05, 0.1) is 7.11 Å². The number of amides is 2. The fraction of sp³-hybridized carbons (Fsp3) is 0.467. The molecule has 0 saturated carbocycles. The molecule has 0 aliphatic heterocycles. The zero-order valence-corrected chi connectivity index (χ0v) is 12.4. The lowest BCUT2D eigenvalue weighted by atomic mass is 10.1. The first kappa shape index (κ1) is 16.0. The molecule has 0 aromatic heterocycles. The van der Waals surface area contributed by atoms with Crippen molar-refractivity contribution < 1.29 is 14.3 Å². The van der Waals surface area contributed by atoms with Crippen LogP contribution in [0.25, 0.3) is 0 Å². The monoisotopic (exact) mass is 278 g/mol. The third-order valence-corrected chi connectivity index (χ3v) is 2.56.